The predicted octanol–water partition coefficient (Wildman–Crippen LogP) is 4.35. The van der Waals surface area contributed by atoms with E-state index < -0.39 is 0 Å². The molecule has 2 rings (SSSR count). The second-order valence-electron chi connectivity index (χ2n) is 5.94. The Labute approximate surface area is 118 Å². The van der Waals surface area contributed by atoms with Crippen molar-refractivity contribution in [1.82, 2.24) is 5.32 Å². The Balaban J connectivity index is 2.00. The second kappa shape index (κ2) is 7.69. The zero-order chi connectivity index (χ0) is 13.5. The summed E-state index contributed by atoms with van der Waals surface area (Å²) in [6.07, 6.45) is 9.40. The molecule has 2 atom stereocenters. The van der Waals surface area contributed by atoms with Crippen LogP contribution in [0.15, 0.2) is 24.3 Å². The van der Waals surface area contributed by atoms with E-state index in [-0.39, 0.29) is 0 Å². The van der Waals surface area contributed by atoms with Gasteiger partial charge in [0.05, 0.1) is 0 Å². The van der Waals surface area contributed by atoms with Crippen LogP contribution in [0.2, 0.25) is 0 Å². The zero-order valence-electron chi connectivity index (χ0n) is 12.6. The maximum Gasteiger partial charge on any atom is 0.00983 e. The molecule has 1 aromatic rings. The molecule has 0 aromatic heterocycles. The van der Waals surface area contributed by atoms with E-state index in [1.807, 2.05) is 0 Å². The van der Waals surface area contributed by atoms with E-state index in [2.05, 4.69) is 43.4 Å². The van der Waals surface area contributed by atoms with Gasteiger partial charge >= 0.3 is 0 Å². The van der Waals surface area contributed by atoms with Crippen molar-refractivity contribution in [2.24, 2.45) is 5.92 Å². The van der Waals surface area contributed by atoms with Crippen molar-refractivity contribution >= 4 is 0 Å². The van der Waals surface area contributed by atoms with E-state index >= 15 is 0 Å². The van der Waals surface area contributed by atoms with Gasteiger partial charge in [0.2, 0.25) is 0 Å². The highest BCUT2D eigenvalue weighted by molar-refractivity contribution is 5.23. The lowest BCUT2D eigenvalue weighted by Gasteiger charge is -2.26. The third-order valence-electron chi connectivity index (χ3n) is 4.55. The van der Waals surface area contributed by atoms with Gasteiger partial charge in [0.25, 0.3) is 0 Å². The molecule has 1 N–H and O–H groups in total. The largest absolute Gasteiger partial charge is 0.314 e. The number of nitrogens with one attached hydrogen (secondary N) is 1. The van der Waals surface area contributed by atoms with Crippen LogP contribution in [0.4, 0.5) is 0 Å². The summed E-state index contributed by atoms with van der Waals surface area (Å²) in [5, 5.41) is 3.72. The highest BCUT2D eigenvalue weighted by Crippen LogP contribution is 2.26. The molecule has 0 bridgehead atoms. The van der Waals surface area contributed by atoms with Gasteiger partial charge in [-0.25, -0.2) is 0 Å². The Morgan fingerprint density at radius 1 is 0.947 bits per heavy atom. The minimum atomic E-state index is 0.735. The summed E-state index contributed by atoms with van der Waals surface area (Å²) >= 11 is 0. The van der Waals surface area contributed by atoms with E-state index in [4.69, 9.17) is 0 Å². The average Bonchev–Trinajstić information content (AvgIpc) is 2.66. The van der Waals surface area contributed by atoms with E-state index in [0.717, 1.165) is 24.9 Å². The van der Waals surface area contributed by atoms with Crippen LogP contribution in [0.1, 0.15) is 57.1 Å². The Hall–Kier alpha value is -0.820. The molecular weight excluding hydrogens is 230 g/mol. The van der Waals surface area contributed by atoms with Crippen LogP contribution in [-0.4, -0.2) is 12.6 Å². The molecule has 0 heterocycles. The topological polar surface area (TPSA) is 12.0 Å². The number of benzene rings is 1. The standard InChI is InChI=1S/C18H29N/c1-3-15-10-12-16(13-11-15)14-17-8-6-5-7-9-18(17)19-4-2/h10-13,17-19H,3-9,14H2,1-2H3. The van der Waals surface area contributed by atoms with Crippen LogP contribution in [-0.2, 0) is 12.8 Å². The summed E-state index contributed by atoms with van der Waals surface area (Å²) in [5.41, 5.74) is 2.97. The maximum absolute atomic E-state index is 3.72. The predicted molar refractivity (Wildman–Crippen MR) is 83.6 cm³/mol. The first-order valence-electron chi connectivity index (χ1n) is 8.14. The second-order valence-corrected chi connectivity index (χ2v) is 5.94. The molecular formula is C18H29N. The molecule has 19 heavy (non-hydrogen) atoms. The lowest BCUT2D eigenvalue weighted by atomic mass is 9.88. The van der Waals surface area contributed by atoms with E-state index in [1.165, 1.54) is 49.7 Å². The molecule has 1 nitrogen and oxygen atoms in total. The Bertz CT molecular complexity index is 354. The Morgan fingerprint density at radius 3 is 2.32 bits per heavy atom. The van der Waals surface area contributed by atoms with Crippen LogP contribution >= 0.6 is 0 Å². The molecule has 0 saturated heterocycles. The average molecular weight is 259 g/mol. The van der Waals surface area contributed by atoms with Gasteiger partial charge in [0, 0.05) is 6.04 Å². The van der Waals surface area contributed by atoms with Crippen LogP contribution in [0.5, 0.6) is 0 Å². The molecule has 1 fully saturated rings. The van der Waals surface area contributed by atoms with Gasteiger partial charge in [-0.1, -0.05) is 57.4 Å². The van der Waals surface area contributed by atoms with E-state index in [9.17, 15) is 0 Å². The number of hydrogen-bond donors (Lipinski definition) is 1. The minimum absolute atomic E-state index is 0.735. The minimum Gasteiger partial charge on any atom is -0.314 e. The van der Waals surface area contributed by atoms with Crippen LogP contribution in [0, 0.1) is 5.92 Å². The molecule has 1 heteroatoms. The molecule has 2 unspecified atom stereocenters. The highest BCUT2D eigenvalue weighted by Gasteiger charge is 2.22. The van der Waals surface area contributed by atoms with Gasteiger partial charge in [0.15, 0.2) is 0 Å². The van der Waals surface area contributed by atoms with Crippen LogP contribution < -0.4 is 5.32 Å². The van der Waals surface area contributed by atoms with Crippen molar-refractivity contribution in [2.75, 3.05) is 6.54 Å². The van der Waals surface area contributed by atoms with Crippen molar-refractivity contribution in [1.29, 1.82) is 0 Å². The van der Waals surface area contributed by atoms with Crippen molar-refractivity contribution in [3.63, 3.8) is 0 Å². The monoisotopic (exact) mass is 259 g/mol. The molecule has 0 aliphatic heterocycles. The first kappa shape index (κ1) is 14.6. The SMILES string of the molecule is CCNC1CCCCCC1Cc1ccc(CC)cc1. The van der Waals surface area contributed by atoms with Gasteiger partial charge < -0.3 is 5.32 Å². The fourth-order valence-corrected chi connectivity index (χ4v) is 3.37. The van der Waals surface area contributed by atoms with Crippen LogP contribution in [0.25, 0.3) is 0 Å². The fraction of sp³-hybridized carbons (Fsp3) is 0.667. The highest BCUT2D eigenvalue weighted by atomic mass is 14.9. The van der Waals surface area contributed by atoms with Crippen molar-refractivity contribution in [3.8, 4) is 0 Å². The van der Waals surface area contributed by atoms with Crippen molar-refractivity contribution < 1.29 is 0 Å². The normalized spacial score (nSPS) is 24.1. The lowest BCUT2D eigenvalue weighted by Crippen LogP contribution is -2.36. The zero-order valence-corrected chi connectivity index (χ0v) is 12.6. The van der Waals surface area contributed by atoms with Gasteiger partial charge in [-0.3, -0.25) is 0 Å². The van der Waals surface area contributed by atoms with E-state index in [0.29, 0.717) is 0 Å². The van der Waals surface area contributed by atoms with E-state index in [1.54, 1.807) is 0 Å². The lowest BCUT2D eigenvalue weighted by molar-refractivity contribution is 0.337. The first-order chi connectivity index (χ1) is 9.33. The van der Waals surface area contributed by atoms with Gasteiger partial charge in [0.1, 0.15) is 0 Å². The third-order valence-corrected chi connectivity index (χ3v) is 4.55. The Morgan fingerprint density at radius 2 is 1.63 bits per heavy atom. The summed E-state index contributed by atoms with van der Waals surface area (Å²) in [7, 11) is 0. The molecule has 0 amide bonds. The number of aryl methyl sites for hydroxylation is 1. The summed E-state index contributed by atoms with van der Waals surface area (Å²) in [5.74, 6) is 0.829. The third kappa shape index (κ3) is 4.35. The van der Waals surface area contributed by atoms with Gasteiger partial charge in [-0.15, -0.1) is 0 Å². The molecule has 0 spiro atoms. The van der Waals surface area contributed by atoms with Crippen molar-refractivity contribution in [2.45, 2.75) is 64.8 Å². The van der Waals surface area contributed by atoms with Crippen molar-refractivity contribution in [3.05, 3.63) is 35.4 Å². The summed E-state index contributed by atoms with van der Waals surface area (Å²) in [6, 6.07) is 10.0. The molecule has 0 radical (unpaired) electrons. The fourth-order valence-electron chi connectivity index (χ4n) is 3.37. The number of hydrogen-bond acceptors (Lipinski definition) is 1. The molecule has 1 aliphatic rings. The Kier molecular flexibility index (Phi) is 5.91. The summed E-state index contributed by atoms with van der Waals surface area (Å²) < 4.78 is 0. The smallest absolute Gasteiger partial charge is 0.00983 e. The van der Waals surface area contributed by atoms with Gasteiger partial charge in [-0.05, 0) is 49.3 Å². The maximum atomic E-state index is 3.72. The molecule has 1 aliphatic carbocycles. The summed E-state index contributed by atoms with van der Waals surface area (Å²) in [6.45, 7) is 5.56. The first-order valence-corrected chi connectivity index (χ1v) is 8.14. The summed E-state index contributed by atoms with van der Waals surface area (Å²) in [4.78, 5) is 0. The van der Waals surface area contributed by atoms with Gasteiger partial charge in [-0.2, -0.15) is 0 Å². The molecule has 1 saturated carbocycles. The number of rotatable bonds is 5. The molecule has 1 aromatic carbocycles. The quantitative estimate of drug-likeness (QED) is 0.775. The van der Waals surface area contributed by atoms with Crippen LogP contribution in [0.3, 0.4) is 0 Å². The molecule has 106 valence electrons.